The van der Waals surface area contributed by atoms with Gasteiger partial charge in [0.15, 0.2) is 0 Å². The van der Waals surface area contributed by atoms with Crippen molar-refractivity contribution in [3.63, 3.8) is 0 Å². The number of aromatic nitrogens is 2. The molecule has 2 atom stereocenters. The van der Waals surface area contributed by atoms with E-state index in [1.807, 2.05) is 6.92 Å². The van der Waals surface area contributed by atoms with Crippen LogP contribution in [-0.4, -0.2) is 15.7 Å². The quantitative estimate of drug-likeness (QED) is 0.709. The van der Waals surface area contributed by atoms with Gasteiger partial charge in [-0.2, -0.15) is 4.98 Å². The van der Waals surface area contributed by atoms with Crippen molar-refractivity contribution >= 4 is 5.82 Å². The molecule has 76 valence electrons. The first kappa shape index (κ1) is 9.21. The number of anilines is 1. The third-order valence-electron chi connectivity index (χ3n) is 2.37. The van der Waals surface area contributed by atoms with Gasteiger partial charge in [-0.15, -0.1) is 0 Å². The summed E-state index contributed by atoms with van der Waals surface area (Å²) in [5, 5.41) is 0. The molecule has 0 amide bonds. The maximum absolute atomic E-state index is 11.4. The van der Waals surface area contributed by atoms with Gasteiger partial charge in [0.1, 0.15) is 12.0 Å². The second-order valence-electron chi connectivity index (χ2n) is 3.52. The van der Waals surface area contributed by atoms with Crippen LogP contribution in [-0.2, 0) is 4.74 Å². The number of nitrogens with zero attached hydrogens (tertiary/aromatic N) is 2. The first-order chi connectivity index (χ1) is 6.66. The van der Waals surface area contributed by atoms with Crippen molar-refractivity contribution < 1.29 is 4.74 Å². The molecule has 0 radical (unpaired) electrons. The molecule has 1 unspecified atom stereocenters. The van der Waals surface area contributed by atoms with Crippen molar-refractivity contribution in [1.82, 2.24) is 9.55 Å². The van der Waals surface area contributed by atoms with Crippen molar-refractivity contribution in [1.29, 1.82) is 0 Å². The van der Waals surface area contributed by atoms with Crippen LogP contribution in [0, 0.1) is 0 Å². The van der Waals surface area contributed by atoms with E-state index in [1.165, 1.54) is 4.57 Å². The minimum atomic E-state index is -0.343. The highest BCUT2D eigenvalue weighted by atomic mass is 16.5. The topological polar surface area (TPSA) is 70.1 Å². The Kier molecular flexibility index (Phi) is 2.25. The Morgan fingerprint density at radius 3 is 3.00 bits per heavy atom. The molecule has 14 heavy (non-hydrogen) atoms. The largest absolute Gasteiger partial charge is 0.383 e. The SMILES string of the molecule is CC1CC[C@H](n2ccc(N)nc2=O)O1. The molecule has 2 heterocycles. The molecule has 5 heteroatoms. The van der Waals surface area contributed by atoms with E-state index < -0.39 is 0 Å². The van der Waals surface area contributed by atoms with E-state index in [1.54, 1.807) is 12.3 Å². The lowest BCUT2D eigenvalue weighted by molar-refractivity contribution is 0.00806. The standard InChI is InChI=1S/C9H13N3O2/c1-6-2-3-8(14-6)12-5-4-7(10)11-9(12)13/h4-6,8H,2-3H2,1H3,(H2,10,11,13)/t6?,8-/m1/s1. The smallest absolute Gasteiger partial charge is 0.351 e. The molecule has 1 aromatic rings. The van der Waals surface area contributed by atoms with Crippen molar-refractivity contribution in [2.45, 2.75) is 32.1 Å². The van der Waals surface area contributed by atoms with Gasteiger partial charge >= 0.3 is 5.69 Å². The highest BCUT2D eigenvalue weighted by Crippen LogP contribution is 2.26. The number of nitrogens with two attached hydrogens (primary N) is 1. The average Bonchev–Trinajstić information content (AvgIpc) is 2.51. The Bertz CT molecular complexity index is 388. The predicted octanol–water partition coefficient (Wildman–Crippen LogP) is 0.523. The molecule has 1 aromatic heterocycles. The molecule has 0 aromatic carbocycles. The average molecular weight is 195 g/mol. The fourth-order valence-electron chi connectivity index (χ4n) is 1.63. The molecule has 1 aliphatic heterocycles. The molecular weight excluding hydrogens is 182 g/mol. The summed E-state index contributed by atoms with van der Waals surface area (Å²) in [6.45, 7) is 2.00. The van der Waals surface area contributed by atoms with Gasteiger partial charge in [-0.25, -0.2) is 4.79 Å². The maximum atomic E-state index is 11.4. The molecule has 0 spiro atoms. The highest BCUT2D eigenvalue weighted by molar-refractivity contribution is 5.23. The lowest BCUT2D eigenvalue weighted by Gasteiger charge is -2.13. The molecule has 2 N–H and O–H groups in total. The van der Waals surface area contributed by atoms with Gasteiger partial charge < -0.3 is 10.5 Å². The third kappa shape index (κ3) is 1.63. The Morgan fingerprint density at radius 2 is 2.43 bits per heavy atom. The van der Waals surface area contributed by atoms with Crippen LogP contribution in [0.4, 0.5) is 5.82 Å². The summed E-state index contributed by atoms with van der Waals surface area (Å²) < 4.78 is 7.04. The van der Waals surface area contributed by atoms with Crippen LogP contribution >= 0.6 is 0 Å². The Morgan fingerprint density at radius 1 is 1.64 bits per heavy atom. The number of nitrogen functional groups attached to an aromatic ring is 1. The Labute approximate surface area is 81.5 Å². The monoisotopic (exact) mass is 195 g/mol. The van der Waals surface area contributed by atoms with E-state index in [0.717, 1.165) is 12.8 Å². The molecule has 1 aliphatic rings. The van der Waals surface area contributed by atoms with Crippen molar-refractivity contribution in [2.75, 3.05) is 5.73 Å². The Hall–Kier alpha value is -1.36. The van der Waals surface area contributed by atoms with E-state index in [2.05, 4.69) is 4.98 Å². The van der Waals surface area contributed by atoms with E-state index in [4.69, 9.17) is 10.5 Å². The molecule has 5 nitrogen and oxygen atoms in total. The van der Waals surface area contributed by atoms with Gasteiger partial charge in [0.25, 0.3) is 0 Å². The zero-order valence-corrected chi connectivity index (χ0v) is 8.01. The fraction of sp³-hybridized carbons (Fsp3) is 0.556. The summed E-state index contributed by atoms with van der Waals surface area (Å²) in [5.41, 5.74) is 5.04. The van der Waals surface area contributed by atoms with Crippen LogP contribution in [0.3, 0.4) is 0 Å². The van der Waals surface area contributed by atoms with Gasteiger partial charge in [0, 0.05) is 6.20 Å². The first-order valence-corrected chi connectivity index (χ1v) is 4.67. The van der Waals surface area contributed by atoms with E-state index in [0.29, 0.717) is 0 Å². The van der Waals surface area contributed by atoms with Gasteiger partial charge in [-0.05, 0) is 25.8 Å². The van der Waals surface area contributed by atoms with Crippen molar-refractivity contribution in [2.24, 2.45) is 0 Å². The second kappa shape index (κ2) is 3.42. The van der Waals surface area contributed by atoms with Crippen molar-refractivity contribution in [3.05, 3.63) is 22.7 Å². The Balaban J connectivity index is 2.29. The highest BCUT2D eigenvalue weighted by Gasteiger charge is 2.23. The summed E-state index contributed by atoms with van der Waals surface area (Å²) >= 11 is 0. The molecule has 1 saturated heterocycles. The van der Waals surface area contributed by atoms with Gasteiger partial charge in [0.2, 0.25) is 0 Å². The number of rotatable bonds is 1. The number of ether oxygens (including phenoxy) is 1. The van der Waals surface area contributed by atoms with Crippen LogP contribution < -0.4 is 11.4 Å². The zero-order valence-electron chi connectivity index (χ0n) is 8.01. The molecular formula is C9H13N3O2. The van der Waals surface area contributed by atoms with Crippen LogP contribution in [0.5, 0.6) is 0 Å². The predicted molar refractivity (Wildman–Crippen MR) is 51.7 cm³/mol. The molecule has 2 rings (SSSR count). The minimum Gasteiger partial charge on any atom is -0.383 e. The third-order valence-corrected chi connectivity index (χ3v) is 2.37. The molecule has 0 bridgehead atoms. The van der Waals surface area contributed by atoms with Crippen LogP contribution in [0.15, 0.2) is 17.1 Å². The second-order valence-corrected chi connectivity index (χ2v) is 3.52. The first-order valence-electron chi connectivity index (χ1n) is 4.67. The molecule has 0 aliphatic carbocycles. The van der Waals surface area contributed by atoms with Crippen LogP contribution in [0.1, 0.15) is 26.0 Å². The molecule has 0 saturated carbocycles. The van der Waals surface area contributed by atoms with Gasteiger partial charge in [0.05, 0.1) is 6.10 Å². The normalized spacial score (nSPS) is 26.6. The minimum absolute atomic E-state index is 0.175. The number of hydrogen-bond acceptors (Lipinski definition) is 4. The van der Waals surface area contributed by atoms with Gasteiger partial charge in [-0.3, -0.25) is 4.57 Å². The summed E-state index contributed by atoms with van der Waals surface area (Å²) in [5.74, 6) is 0.247. The number of hydrogen-bond donors (Lipinski definition) is 1. The fourth-order valence-corrected chi connectivity index (χ4v) is 1.63. The summed E-state index contributed by atoms with van der Waals surface area (Å²) in [7, 11) is 0. The van der Waals surface area contributed by atoms with E-state index in [9.17, 15) is 4.79 Å². The van der Waals surface area contributed by atoms with Crippen molar-refractivity contribution in [3.8, 4) is 0 Å². The maximum Gasteiger partial charge on any atom is 0.351 e. The summed E-state index contributed by atoms with van der Waals surface area (Å²) in [4.78, 5) is 15.1. The van der Waals surface area contributed by atoms with Crippen LogP contribution in [0.25, 0.3) is 0 Å². The summed E-state index contributed by atoms with van der Waals surface area (Å²) in [6, 6.07) is 1.60. The summed E-state index contributed by atoms with van der Waals surface area (Å²) in [6.07, 6.45) is 3.50. The van der Waals surface area contributed by atoms with Gasteiger partial charge in [-0.1, -0.05) is 0 Å². The zero-order chi connectivity index (χ0) is 10.1. The lowest BCUT2D eigenvalue weighted by atomic mass is 10.2. The van der Waals surface area contributed by atoms with Crippen LogP contribution in [0.2, 0.25) is 0 Å². The van der Waals surface area contributed by atoms with E-state index in [-0.39, 0.29) is 23.8 Å². The molecule has 1 fully saturated rings. The lowest BCUT2D eigenvalue weighted by Crippen LogP contribution is -2.27. The van der Waals surface area contributed by atoms with E-state index >= 15 is 0 Å².